The number of carboxylic acid groups (broad SMARTS) is 1. The van der Waals surface area contributed by atoms with Gasteiger partial charge in [-0.3, -0.25) is 0 Å². The molecule has 0 radical (unpaired) electrons. The Labute approximate surface area is 125 Å². The maximum atomic E-state index is 10.9. The van der Waals surface area contributed by atoms with Gasteiger partial charge < -0.3 is 9.84 Å². The third-order valence-corrected chi connectivity index (χ3v) is 4.86. The molecule has 0 bridgehead atoms. The largest absolute Gasteiger partial charge is 0.478 e. The van der Waals surface area contributed by atoms with Crippen LogP contribution in [0.3, 0.4) is 0 Å². The third-order valence-electron chi connectivity index (χ3n) is 4.86. The van der Waals surface area contributed by atoms with Crippen molar-refractivity contribution < 1.29 is 14.6 Å². The number of carboxylic acids is 1. The van der Waals surface area contributed by atoms with Gasteiger partial charge in [0.05, 0.1) is 23.2 Å². The molecule has 1 unspecified atom stereocenters. The van der Waals surface area contributed by atoms with Crippen molar-refractivity contribution in [1.29, 1.82) is 5.26 Å². The van der Waals surface area contributed by atoms with E-state index in [1.54, 1.807) is 19.2 Å². The smallest absolute Gasteiger partial charge is 0.335 e. The van der Waals surface area contributed by atoms with Crippen LogP contribution in [0.15, 0.2) is 24.3 Å². The molecule has 1 aromatic rings. The van der Waals surface area contributed by atoms with E-state index in [1.165, 1.54) is 0 Å². The number of nitriles is 1. The summed E-state index contributed by atoms with van der Waals surface area (Å²) in [6.07, 6.45) is 3.47. The van der Waals surface area contributed by atoms with Crippen LogP contribution in [-0.4, -0.2) is 24.3 Å². The van der Waals surface area contributed by atoms with Gasteiger partial charge in [-0.05, 0) is 56.2 Å². The highest BCUT2D eigenvalue weighted by atomic mass is 16.5. The van der Waals surface area contributed by atoms with Crippen LogP contribution >= 0.6 is 0 Å². The SMILES string of the molecule is COC(C)C1(C#N)CCC(c2ccc(C(=O)O)cc2)CC1. The summed E-state index contributed by atoms with van der Waals surface area (Å²) in [4.78, 5) is 10.9. The number of rotatable bonds is 4. The highest BCUT2D eigenvalue weighted by molar-refractivity contribution is 5.87. The quantitative estimate of drug-likeness (QED) is 0.918. The van der Waals surface area contributed by atoms with Gasteiger partial charge in [-0.2, -0.15) is 5.26 Å². The summed E-state index contributed by atoms with van der Waals surface area (Å²) in [5.74, 6) is -0.499. The Morgan fingerprint density at radius 3 is 2.38 bits per heavy atom. The van der Waals surface area contributed by atoms with Gasteiger partial charge in [0.25, 0.3) is 0 Å². The second kappa shape index (κ2) is 6.28. The second-order valence-electron chi connectivity index (χ2n) is 5.85. The summed E-state index contributed by atoms with van der Waals surface area (Å²) in [6, 6.07) is 9.56. The maximum absolute atomic E-state index is 10.9. The molecule has 0 amide bonds. The van der Waals surface area contributed by atoms with E-state index in [0.29, 0.717) is 11.5 Å². The number of nitrogens with zero attached hydrogens (tertiary/aromatic N) is 1. The first-order valence-corrected chi connectivity index (χ1v) is 7.29. The van der Waals surface area contributed by atoms with Crippen LogP contribution in [0.2, 0.25) is 0 Å². The van der Waals surface area contributed by atoms with Crippen LogP contribution < -0.4 is 0 Å². The highest BCUT2D eigenvalue weighted by Crippen LogP contribution is 2.45. The van der Waals surface area contributed by atoms with Gasteiger partial charge >= 0.3 is 5.97 Å². The lowest BCUT2D eigenvalue weighted by atomic mass is 9.67. The van der Waals surface area contributed by atoms with Crippen LogP contribution in [0.5, 0.6) is 0 Å². The highest BCUT2D eigenvalue weighted by Gasteiger charge is 2.40. The number of carbonyl (C=O) groups is 1. The molecule has 4 heteroatoms. The molecule has 1 atom stereocenters. The number of hydrogen-bond donors (Lipinski definition) is 1. The summed E-state index contributed by atoms with van der Waals surface area (Å²) in [7, 11) is 1.65. The Morgan fingerprint density at radius 1 is 1.38 bits per heavy atom. The van der Waals surface area contributed by atoms with Crippen molar-refractivity contribution >= 4 is 5.97 Å². The number of methoxy groups -OCH3 is 1. The van der Waals surface area contributed by atoms with Crippen molar-refractivity contribution in [2.75, 3.05) is 7.11 Å². The van der Waals surface area contributed by atoms with E-state index in [0.717, 1.165) is 31.2 Å². The molecule has 21 heavy (non-hydrogen) atoms. The molecular weight excluding hydrogens is 266 g/mol. The van der Waals surface area contributed by atoms with Gasteiger partial charge in [0.15, 0.2) is 0 Å². The molecule has 0 saturated heterocycles. The molecule has 1 aromatic carbocycles. The fourth-order valence-corrected chi connectivity index (χ4v) is 3.20. The average molecular weight is 287 g/mol. The summed E-state index contributed by atoms with van der Waals surface area (Å²) in [5, 5.41) is 18.4. The summed E-state index contributed by atoms with van der Waals surface area (Å²) in [6.45, 7) is 1.96. The maximum Gasteiger partial charge on any atom is 0.335 e. The van der Waals surface area contributed by atoms with E-state index in [-0.39, 0.29) is 11.5 Å². The topological polar surface area (TPSA) is 70.3 Å². The van der Waals surface area contributed by atoms with Crippen molar-refractivity contribution in [1.82, 2.24) is 0 Å². The van der Waals surface area contributed by atoms with Crippen molar-refractivity contribution in [3.63, 3.8) is 0 Å². The van der Waals surface area contributed by atoms with Crippen LogP contribution in [0.25, 0.3) is 0 Å². The Kier molecular flexibility index (Phi) is 4.64. The van der Waals surface area contributed by atoms with Gasteiger partial charge in [-0.1, -0.05) is 12.1 Å². The zero-order valence-corrected chi connectivity index (χ0v) is 12.5. The summed E-state index contributed by atoms with van der Waals surface area (Å²) in [5.41, 5.74) is 1.09. The van der Waals surface area contributed by atoms with Crippen LogP contribution in [0.1, 0.15) is 54.4 Å². The summed E-state index contributed by atoms with van der Waals surface area (Å²) < 4.78 is 5.38. The van der Waals surface area contributed by atoms with Crippen LogP contribution in [-0.2, 0) is 4.74 Å². The zero-order valence-electron chi connectivity index (χ0n) is 12.5. The number of ether oxygens (including phenoxy) is 1. The van der Waals surface area contributed by atoms with Crippen LogP contribution in [0.4, 0.5) is 0 Å². The summed E-state index contributed by atoms with van der Waals surface area (Å²) >= 11 is 0. The van der Waals surface area contributed by atoms with E-state index in [4.69, 9.17) is 9.84 Å². The lowest BCUT2D eigenvalue weighted by molar-refractivity contribution is 0.00861. The molecule has 0 aliphatic heterocycles. The fraction of sp³-hybridized carbons (Fsp3) is 0.529. The number of benzene rings is 1. The molecule has 112 valence electrons. The van der Waals surface area contributed by atoms with E-state index < -0.39 is 5.97 Å². The average Bonchev–Trinajstić information content (AvgIpc) is 2.54. The van der Waals surface area contributed by atoms with Gasteiger partial charge in [-0.25, -0.2) is 4.79 Å². The Hall–Kier alpha value is -1.86. The first kappa shape index (κ1) is 15.5. The van der Waals surface area contributed by atoms with E-state index in [2.05, 4.69) is 6.07 Å². The van der Waals surface area contributed by atoms with Crippen molar-refractivity contribution in [2.24, 2.45) is 5.41 Å². The minimum Gasteiger partial charge on any atom is -0.478 e. The Balaban J connectivity index is 2.07. The van der Waals surface area contributed by atoms with E-state index >= 15 is 0 Å². The second-order valence-corrected chi connectivity index (χ2v) is 5.85. The minimum absolute atomic E-state index is 0.0576. The molecule has 1 N–H and O–H groups in total. The molecule has 4 nitrogen and oxygen atoms in total. The lowest BCUT2D eigenvalue weighted by Gasteiger charge is -2.38. The first-order valence-electron chi connectivity index (χ1n) is 7.29. The van der Waals surface area contributed by atoms with Gasteiger partial charge in [-0.15, -0.1) is 0 Å². The zero-order chi connectivity index (χ0) is 15.5. The van der Waals surface area contributed by atoms with Crippen molar-refractivity contribution in [3.8, 4) is 6.07 Å². The lowest BCUT2D eigenvalue weighted by Crippen LogP contribution is -2.36. The molecule has 0 spiro atoms. The van der Waals surface area contributed by atoms with Crippen LogP contribution in [0, 0.1) is 16.7 Å². The number of hydrogen-bond acceptors (Lipinski definition) is 3. The van der Waals surface area contributed by atoms with Gasteiger partial charge in [0, 0.05) is 7.11 Å². The third kappa shape index (κ3) is 3.08. The van der Waals surface area contributed by atoms with Crippen molar-refractivity contribution in [3.05, 3.63) is 35.4 Å². The molecule has 0 aromatic heterocycles. The first-order chi connectivity index (χ1) is 10.0. The monoisotopic (exact) mass is 287 g/mol. The molecule has 1 saturated carbocycles. The Morgan fingerprint density at radius 2 is 1.95 bits per heavy atom. The molecule has 1 aliphatic rings. The normalized spacial score (nSPS) is 26.8. The standard InChI is InChI=1S/C17H21NO3/c1-12(21-2)17(11-18)9-7-14(8-10-17)13-3-5-15(6-4-13)16(19)20/h3-6,12,14H,7-10H2,1-2H3,(H,19,20). The molecule has 0 heterocycles. The molecule has 2 rings (SSSR count). The predicted octanol–water partition coefficient (Wildman–Crippen LogP) is 3.59. The van der Waals surface area contributed by atoms with E-state index in [1.807, 2.05) is 19.1 Å². The van der Waals surface area contributed by atoms with Crippen molar-refractivity contribution in [2.45, 2.75) is 44.6 Å². The van der Waals surface area contributed by atoms with Gasteiger partial charge in [0.1, 0.15) is 0 Å². The molecular formula is C17H21NO3. The molecule has 1 aliphatic carbocycles. The molecule has 1 fully saturated rings. The Bertz CT molecular complexity index is 536. The van der Waals surface area contributed by atoms with E-state index in [9.17, 15) is 10.1 Å². The predicted molar refractivity (Wildman–Crippen MR) is 79.1 cm³/mol. The minimum atomic E-state index is -0.900. The number of aromatic carboxylic acids is 1. The fourth-order valence-electron chi connectivity index (χ4n) is 3.20. The van der Waals surface area contributed by atoms with Gasteiger partial charge in [0.2, 0.25) is 0 Å².